The van der Waals surface area contributed by atoms with Crippen molar-refractivity contribution in [1.29, 1.82) is 0 Å². The van der Waals surface area contributed by atoms with Crippen LogP contribution < -0.4 is 5.32 Å². The van der Waals surface area contributed by atoms with E-state index in [0.717, 1.165) is 24.1 Å². The van der Waals surface area contributed by atoms with Gasteiger partial charge in [-0.05, 0) is 30.5 Å². The number of anilines is 1. The summed E-state index contributed by atoms with van der Waals surface area (Å²) in [5, 5.41) is 2.45. The molecule has 2 aromatic rings. The van der Waals surface area contributed by atoms with Gasteiger partial charge in [0, 0.05) is 31.5 Å². The first kappa shape index (κ1) is 18.0. The van der Waals surface area contributed by atoms with E-state index in [1.165, 1.54) is 11.0 Å². The number of Topliss-reactive ketones (excluding diaryl/α,β-unsaturated/α-hetero) is 1. The number of ketones is 1. The van der Waals surface area contributed by atoms with Crippen LogP contribution in [0.3, 0.4) is 0 Å². The van der Waals surface area contributed by atoms with Crippen LogP contribution >= 0.6 is 0 Å². The Balaban J connectivity index is 1.60. The number of halogens is 2. The third-order valence-electron chi connectivity index (χ3n) is 4.56. The lowest BCUT2D eigenvalue weighted by molar-refractivity contribution is -0.123. The van der Waals surface area contributed by atoms with Crippen molar-refractivity contribution in [2.75, 3.05) is 18.4 Å². The molecule has 136 valence electrons. The third kappa shape index (κ3) is 4.45. The average molecular weight is 358 g/mol. The van der Waals surface area contributed by atoms with Crippen LogP contribution in [0, 0.1) is 17.6 Å². The van der Waals surface area contributed by atoms with E-state index >= 15 is 0 Å². The van der Waals surface area contributed by atoms with Gasteiger partial charge in [-0.25, -0.2) is 13.6 Å². The molecule has 0 spiro atoms. The summed E-state index contributed by atoms with van der Waals surface area (Å²) in [6.45, 7) is 0.810. The van der Waals surface area contributed by atoms with E-state index < -0.39 is 17.7 Å². The van der Waals surface area contributed by atoms with Crippen molar-refractivity contribution in [2.45, 2.75) is 19.3 Å². The second kappa shape index (κ2) is 8.08. The molecule has 6 heteroatoms. The smallest absolute Gasteiger partial charge is 0.321 e. The summed E-state index contributed by atoms with van der Waals surface area (Å²) in [5.74, 6) is -1.66. The number of hydrogen-bond acceptors (Lipinski definition) is 2. The molecule has 1 aliphatic rings. The normalized spacial score (nSPS) is 17.0. The minimum Gasteiger partial charge on any atom is -0.324 e. The van der Waals surface area contributed by atoms with Gasteiger partial charge in [-0.2, -0.15) is 0 Å². The highest BCUT2D eigenvalue weighted by atomic mass is 19.1. The minimum absolute atomic E-state index is 0.0749. The van der Waals surface area contributed by atoms with Crippen molar-refractivity contribution >= 4 is 17.5 Å². The summed E-state index contributed by atoms with van der Waals surface area (Å²) in [7, 11) is 0. The minimum atomic E-state index is -0.827. The second-order valence-corrected chi connectivity index (χ2v) is 6.47. The fourth-order valence-electron chi connectivity index (χ4n) is 3.15. The fraction of sp³-hybridized carbons (Fsp3) is 0.300. The van der Waals surface area contributed by atoms with Gasteiger partial charge in [0.25, 0.3) is 0 Å². The maximum atomic E-state index is 13.7. The molecule has 4 nitrogen and oxygen atoms in total. The topological polar surface area (TPSA) is 49.4 Å². The number of hydrogen-bond donors (Lipinski definition) is 1. The Kier molecular flexibility index (Phi) is 5.61. The molecule has 1 unspecified atom stereocenters. The number of carbonyl (C=O) groups is 2. The molecule has 1 fully saturated rings. The molecule has 1 atom stereocenters. The van der Waals surface area contributed by atoms with Gasteiger partial charge in [0.2, 0.25) is 0 Å². The van der Waals surface area contributed by atoms with Gasteiger partial charge in [0.05, 0.1) is 5.69 Å². The number of benzene rings is 2. The Morgan fingerprint density at radius 3 is 2.62 bits per heavy atom. The molecule has 26 heavy (non-hydrogen) atoms. The average Bonchev–Trinajstić information content (AvgIpc) is 2.65. The fourth-order valence-corrected chi connectivity index (χ4v) is 3.15. The predicted octanol–water partition coefficient (Wildman–Crippen LogP) is 4.02. The van der Waals surface area contributed by atoms with Crippen LogP contribution in [0.1, 0.15) is 18.4 Å². The highest BCUT2D eigenvalue weighted by molar-refractivity contribution is 5.90. The van der Waals surface area contributed by atoms with Crippen molar-refractivity contribution in [1.82, 2.24) is 4.90 Å². The van der Waals surface area contributed by atoms with E-state index in [2.05, 4.69) is 5.32 Å². The van der Waals surface area contributed by atoms with Gasteiger partial charge >= 0.3 is 6.03 Å². The highest BCUT2D eigenvalue weighted by Gasteiger charge is 2.28. The van der Waals surface area contributed by atoms with Crippen LogP contribution in [-0.2, 0) is 11.2 Å². The summed E-state index contributed by atoms with van der Waals surface area (Å²) in [6, 6.07) is 12.0. The molecule has 1 heterocycles. The molecule has 0 aliphatic carbocycles. The van der Waals surface area contributed by atoms with E-state index in [0.29, 0.717) is 25.9 Å². The van der Waals surface area contributed by atoms with Crippen molar-refractivity contribution in [2.24, 2.45) is 5.92 Å². The van der Waals surface area contributed by atoms with Gasteiger partial charge in [-0.1, -0.05) is 30.3 Å². The summed E-state index contributed by atoms with van der Waals surface area (Å²) >= 11 is 0. The number of amides is 2. The standard InChI is InChI=1S/C20H20F2N2O2/c21-16-8-9-18(17(22)12-16)23-20(26)24-10-4-7-15(13-24)19(25)11-14-5-2-1-3-6-14/h1-3,5-6,8-9,12,15H,4,7,10-11,13H2,(H,23,26). The Bertz CT molecular complexity index is 796. The van der Waals surface area contributed by atoms with Gasteiger partial charge < -0.3 is 10.2 Å². The Hall–Kier alpha value is -2.76. The van der Waals surface area contributed by atoms with Gasteiger partial charge in [0.1, 0.15) is 17.4 Å². The third-order valence-corrected chi connectivity index (χ3v) is 4.56. The summed E-state index contributed by atoms with van der Waals surface area (Å²) in [6.07, 6.45) is 1.79. The molecule has 0 radical (unpaired) electrons. The number of nitrogens with one attached hydrogen (secondary N) is 1. The predicted molar refractivity (Wildman–Crippen MR) is 94.8 cm³/mol. The SMILES string of the molecule is O=C(Cc1ccccc1)C1CCCN(C(=O)Nc2ccc(F)cc2F)C1. The van der Waals surface area contributed by atoms with Crippen LogP contribution in [0.4, 0.5) is 19.3 Å². The number of nitrogens with zero attached hydrogens (tertiary/aromatic N) is 1. The molecule has 2 aromatic carbocycles. The Morgan fingerprint density at radius 1 is 1.12 bits per heavy atom. The molecule has 3 rings (SSSR count). The van der Waals surface area contributed by atoms with E-state index in [4.69, 9.17) is 0 Å². The van der Waals surface area contributed by atoms with Crippen LogP contribution in [0.5, 0.6) is 0 Å². The lowest BCUT2D eigenvalue weighted by atomic mass is 9.90. The molecule has 0 aromatic heterocycles. The number of piperidine rings is 1. The molecule has 0 bridgehead atoms. The van der Waals surface area contributed by atoms with Gasteiger partial charge in [-0.3, -0.25) is 4.79 Å². The zero-order valence-electron chi connectivity index (χ0n) is 14.3. The molecule has 1 saturated heterocycles. The van der Waals surface area contributed by atoms with Gasteiger partial charge in [-0.15, -0.1) is 0 Å². The lowest BCUT2D eigenvalue weighted by Crippen LogP contribution is -2.44. The summed E-state index contributed by atoms with van der Waals surface area (Å²) in [4.78, 5) is 26.4. The maximum Gasteiger partial charge on any atom is 0.321 e. The Morgan fingerprint density at radius 2 is 1.88 bits per heavy atom. The molecule has 1 N–H and O–H groups in total. The number of likely N-dealkylation sites (tertiary alicyclic amines) is 1. The van der Waals surface area contributed by atoms with Crippen molar-refractivity contribution in [3.63, 3.8) is 0 Å². The van der Waals surface area contributed by atoms with Crippen molar-refractivity contribution in [3.8, 4) is 0 Å². The first-order valence-electron chi connectivity index (χ1n) is 8.60. The van der Waals surface area contributed by atoms with Crippen LogP contribution in [0.25, 0.3) is 0 Å². The van der Waals surface area contributed by atoms with E-state index in [-0.39, 0.29) is 17.4 Å². The summed E-state index contributed by atoms with van der Waals surface area (Å²) in [5.41, 5.74) is 0.876. The molecule has 0 saturated carbocycles. The monoisotopic (exact) mass is 358 g/mol. The van der Waals surface area contributed by atoms with E-state index in [1.807, 2.05) is 30.3 Å². The Labute approximate surface area is 150 Å². The molecular weight excluding hydrogens is 338 g/mol. The first-order valence-corrected chi connectivity index (χ1v) is 8.60. The number of carbonyl (C=O) groups excluding carboxylic acids is 2. The summed E-state index contributed by atoms with van der Waals surface area (Å²) < 4.78 is 26.7. The highest BCUT2D eigenvalue weighted by Crippen LogP contribution is 2.21. The van der Waals surface area contributed by atoms with Crippen LogP contribution in [0.2, 0.25) is 0 Å². The van der Waals surface area contributed by atoms with Crippen molar-refractivity contribution in [3.05, 3.63) is 65.7 Å². The molecular formula is C20H20F2N2O2. The quantitative estimate of drug-likeness (QED) is 0.897. The second-order valence-electron chi connectivity index (χ2n) is 6.47. The van der Waals surface area contributed by atoms with E-state index in [1.54, 1.807) is 0 Å². The van der Waals surface area contributed by atoms with Crippen LogP contribution in [0.15, 0.2) is 48.5 Å². The van der Waals surface area contributed by atoms with E-state index in [9.17, 15) is 18.4 Å². The maximum absolute atomic E-state index is 13.7. The molecule has 2 amide bonds. The van der Waals surface area contributed by atoms with Gasteiger partial charge in [0.15, 0.2) is 0 Å². The first-order chi connectivity index (χ1) is 12.5. The molecule has 1 aliphatic heterocycles. The number of rotatable bonds is 4. The van der Waals surface area contributed by atoms with Crippen molar-refractivity contribution < 1.29 is 18.4 Å². The zero-order valence-corrected chi connectivity index (χ0v) is 14.3. The lowest BCUT2D eigenvalue weighted by Gasteiger charge is -2.32. The van der Waals surface area contributed by atoms with Crippen LogP contribution in [-0.4, -0.2) is 29.8 Å². The zero-order chi connectivity index (χ0) is 18.5. The number of urea groups is 1. The largest absolute Gasteiger partial charge is 0.324 e.